The minimum absolute atomic E-state index is 0.00329. The third-order valence-corrected chi connectivity index (χ3v) is 6.18. The van der Waals surface area contributed by atoms with Gasteiger partial charge in [-0.3, -0.25) is 9.20 Å². The van der Waals surface area contributed by atoms with E-state index in [1.807, 2.05) is 39.4 Å². The predicted molar refractivity (Wildman–Crippen MR) is 112 cm³/mol. The van der Waals surface area contributed by atoms with Crippen LogP contribution in [0.4, 0.5) is 0 Å². The Kier molecular flexibility index (Phi) is 5.32. The number of halogens is 2. The molecule has 0 unspecified atom stereocenters. The summed E-state index contributed by atoms with van der Waals surface area (Å²) in [5, 5.41) is 1.11. The van der Waals surface area contributed by atoms with E-state index >= 15 is 0 Å². The fourth-order valence-electron chi connectivity index (χ4n) is 3.27. The highest BCUT2D eigenvalue weighted by Crippen LogP contribution is 2.33. The van der Waals surface area contributed by atoms with Crippen LogP contribution in [0, 0.1) is 0 Å². The van der Waals surface area contributed by atoms with Gasteiger partial charge in [0.05, 0.1) is 6.20 Å². The molecule has 27 heavy (non-hydrogen) atoms. The molecule has 3 aromatic rings. The van der Waals surface area contributed by atoms with Gasteiger partial charge in [-0.25, -0.2) is 4.98 Å². The van der Waals surface area contributed by atoms with Crippen molar-refractivity contribution >= 4 is 46.5 Å². The molecule has 4 rings (SSSR count). The molecule has 3 heterocycles. The maximum Gasteiger partial charge on any atom is 0.272 e. The Labute approximate surface area is 171 Å². The van der Waals surface area contributed by atoms with Crippen molar-refractivity contribution in [1.29, 1.82) is 0 Å². The van der Waals surface area contributed by atoms with E-state index in [0.717, 1.165) is 41.3 Å². The summed E-state index contributed by atoms with van der Waals surface area (Å²) >= 11 is 14.3. The number of imidazole rings is 1. The van der Waals surface area contributed by atoms with Crippen LogP contribution in [-0.2, 0) is 6.54 Å². The predicted octanol–water partition coefficient (Wildman–Crippen LogP) is 3.96. The van der Waals surface area contributed by atoms with E-state index in [0.29, 0.717) is 27.9 Å². The lowest BCUT2D eigenvalue weighted by Crippen LogP contribution is -2.38. The van der Waals surface area contributed by atoms with E-state index in [4.69, 9.17) is 28.9 Å². The molecule has 0 bridgehead atoms. The molecule has 5 nitrogen and oxygen atoms in total. The molecule has 1 fully saturated rings. The van der Waals surface area contributed by atoms with Gasteiger partial charge in [-0.05, 0) is 23.8 Å². The number of fused-ring (bicyclic) bond motifs is 1. The average Bonchev–Trinajstić information content (AvgIpc) is 3.10. The van der Waals surface area contributed by atoms with Crippen LogP contribution in [0.5, 0.6) is 0 Å². The van der Waals surface area contributed by atoms with Crippen molar-refractivity contribution in [2.45, 2.75) is 6.54 Å². The van der Waals surface area contributed by atoms with E-state index < -0.39 is 0 Å². The third kappa shape index (κ3) is 3.55. The highest BCUT2D eigenvalue weighted by Gasteiger charge is 2.22. The molecule has 0 radical (unpaired) electrons. The van der Waals surface area contributed by atoms with Gasteiger partial charge in [-0.2, -0.15) is 11.8 Å². The molecular weight excluding hydrogens is 403 g/mol. The second-order valence-electron chi connectivity index (χ2n) is 6.32. The number of hydrogen-bond acceptors (Lipinski definition) is 4. The number of rotatable bonds is 3. The van der Waals surface area contributed by atoms with Crippen molar-refractivity contribution in [2.24, 2.45) is 5.73 Å². The minimum atomic E-state index is -0.00329. The molecule has 140 valence electrons. The summed E-state index contributed by atoms with van der Waals surface area (Å²) in [7, 11) is 0. The molecule has 8 heteroatoms. The molecule has 1 aliphatic heterocycles. The quantitative estimate of drug-likeness (QED) is 0.696. The molecule has 2 aromatic heterocycles. The molecule has 0 saturated carbocycles. The topological polar surface area (TPSA) is 63.6 Å². The summed E-state index contributed by atoms with van der Waals surface area (Å²) in [6.07, 6.45) is 3.53. The highest BCUT2D eigenvalue weighted by atomic mass is 35.5. The molecular formula is C19H18Cl2N4OS. The third-order valence-electron chi connectivity index (χ3n) is 4.69. The number of hydrogen-bond donors (Lipinski definition) is 1. The van der Waals surface area contributed by atoms with Gasteiger partial charge < -0.3 is 10.6 Å². The summed E-state index contributed by atoms with van der Waals surface area (Å²) < 4.78 is 1.82. The molecule has 0 spiro atoms. The molecule has 1 saturated heterocycles. The van der Waals surface area contributed by atoms with Gasteiger partial charge in [0.2, 0.25) is 0 Å². The lowest BCUT2D eigenvalue weighted by molar-refractivity contribution is 0.0765. The molecule has 0 aliphatic carbocycles. The van der Waals surface area contributed by atoms with Crippen molar-refractivity contribution in [2.75, 3.05) is 24.6 Å². The van der Waals surface area contributed by atoms with E-state index in [-0.39, 0.29) is 5.91 Å². The fraction of sp³-hybridized carbons (Fsp3) is 0.263. The van der Waals surface area contributed by atoms with Gasteiger partial charge >= 0.3 is 0 Å². The molecule has 2 N–H and O–H groups in total. The lowest BCUT2D eigenvalue weighted by atomic mass is 10.0. The number of aromatic nitrogens is 2. The molecule has 1 amide bonds. The Morgan fingerprint density at radius 1 is 1.19 bits per heavy atom. The first-order chi connectivity index (χ1) is 13.1. The first kappa shape index (κ1) is 18.6. The van der Waals surface area contributed by atoms with Gasteiger partial charge in [0.25, 0.3) is 5.91 Å². The average molecular weight is 421 g/mol. The molecule has 1 aliphatic rings. The van der Waals surface area contributed by atoms with E-state index in [9.17, 15) is 4.79 Å². The number of nitrogens with two attached hydrogens (primary N) is 1. The Hall–Kier alpha value is -1.73. The van der Waals surface area contributed by atoms with Gasteiger partial charge in [-0.1, -0.05) is 29.3 Å². The number of thioether (sulfide) groups is 1. The van der Waals surface area contributed by atoms with E-state index in [1.54, 1.807) is 18.3 Å². The minimum Gasteiger partial charge on any atom is -0.336 e. The largest absolute Gasteiger partial charge is 0.336 e. The van der Waals surface area contributed by atoms with Crippen LogP contribution in [0.2, 0.25) is 10.0 Å². The smallest absolute Gasteiger partial charge is 0.272 e. The van der Waals surface area contributed by atoms with Crippen molar-refractivity contribution < 1.29 is 4.79 Å². The van der Waals surface area contributed by atoms with Gasteiger partial charge in [-0.15, -0.1) is 0 Å². The van der Waals surface area contributed by atoms with Crippen molar-refractivity contribution in [1.82, 2.24) is 14.3 Å². The fourth-order valence-corrected chi connectivity index (χ4v) is 4.68. The van der Waals surface area contributed by atoms with Crippen LogP contribution >= 0.6 is 35.0 Å². The first-order valence-electron chi connectivity index (χ1n) is 8.61. The van der Waals surface area contributed by atoms with Crippen molar-refractivity contribution in [3.8, 4) is 11.1 Å². The number of carbonyl (C=O) groups excluding carboxylic acids is 1. The van der Waals surface area contributed by atoms with Gasteiger partial charge in [0.1, 0.15) is 11.3 Å². The summed E-state index contributed by atoms with van der Waals surface area (Å²) in [4.78, 5) is 19.3. The number of amides is 1. The van der Waals surface area contributed by atoms with Crippen molar-refractivity contribution in [3.63, 3.8) is 0 Å². The lowest BCUT2D eigenvalue weighted by Gasteiger charge is -2.26. The first-order valence-corrected chi connectivity index (χ1v) is 10.5. The number of carbonyl (C=O) groups is 1. The zero-order valence-corrected chi connectivity index (χ0v) is 16.8. The highest BCUT2D eigenvalue weighted by molar-refractivity contribution is 7.99. The second kappa shape index (κ2) is 7.72. The SMILES string of the molecule is NCc1cc2ncc(C(=O)N3CCSCC3)n2cc1-c1ccc(Cl)cc1Cl. The van der Waals surface area contributed by atoms with E-state index in [2.05, 4.69) is 4.98 Å². The number of nitrogens with zero attached hydrogens (tertiary/aromatic N) is 3. The van der Waals surface area contributed by atoms with E-state index in [1.165, 1.54) is 0 Å². The van der Waals surface area contributed by atoms with Crippen LogP contribution in [0.25, 0.3) is 16.8 Å². The van der Waals surface area contributed by atoms with Crippen LogP contribution < -0.4 is 5.73 Å². The Balaban J connectivity index is 1.83. The van der Waals surface area contributed by atoms with Crippen LogP contribution in [-0.4, -0.2) is 44.8 Å². The van der Waals surface area contributed by atoms with Crippen LogP contribution in [0.1, 0.15) is 16.1 Å². The summed E-state index contributed by atoms with van der Waals surface area (Å²) in [6, 6.07) is 7.27. The standard InChI is InChI=1S/C19H18Cl2N4OS/c20-13-1-2-14(16(21)8-13)15-11-25-17(10-23-18(25)7-12(15)9-22)19(26)24-3-5-27-6-4-24/h1-2,7-8,10-11H,3-6,9,22H2. The normalized spacial score (nSPS) is 14.7. The van der Waals surface area contributed by atoms with Crippen molar-refractivity contribution in [3.05, 3.63) is 58.0 Å². The number of pyridine rings is 1. The van der Waals surface area contributed by atoms with Gasteiger partial charge in [0, 0.05) is 58.5 Å². The maximum atomic E-state index is 13.0. The summed E-state index contributed by atoms with van der Waals surface area (Å²) in [6.45, 7) is 1.85. The van der Waals surface area contributed by atoms with Gasteiger partial charge in [0.15, 0.2) is 0 Å². The summed E-state index contributed by atoms with van der Waals surface area (Å²) in [5.41, 5.74) is 9.80. The number of benzene rings is 1. The second-order valence-corrected chi connectivity index (χ2v) is 8.39. The monoisotopic (exact) mass is 420 g/mol. The Morgan fingerprint density at radius 2 is 1.96 bits per heavy atom. The zero-order chi connectivity index (χ0) is 19.0. The summed E-state index contributed by atoms with van der Waals surface area (Å²) in [5.74, 6) is 1.92. The Morgan fingerprint density at radius 3 is 2.67 bits per heavy atom. The van der Waals surface area contributed by atoms with Crippen LogP contribution in [0.3, 0.4) is 0 Å². The Bertz CT molecular complexity index is 1010. The molecule has 0 atom stereocenters. The molecule has 1 aromatic carbocycles. The maximum absolute atomic E-state index is 13.0. The zero-order valence-electron chi connectivity index (χ0n) is 14.5. The van der Waals surface area contributed by atoms with Crippen LogP contribution in [0.15, 0.2) is 36.7 Å².